The Morgan fingerprint density at radius 1 is 1.00 bits per heavy atom. The van der Waals surface area contributed by atoms with Gasteiger partial charge in [0.05, 0.1) is 29.8 Å². The summed E-state index contributed by atoms with van der Waals surface area (Å²) >= 11 is 6.28. The number of carbonyl (C=O) groups is 1. The van der Waals surface area contributed by atoms with Gasteiger partial charge in [-0.3, -0.25) is 4.99 Å². The lowest BCUT2D eigenvalue weighted by Crippen LogP contribution is -2.07. The average molecular weight is 460 g/mol. The number of pyridine rings is 1. The topological polar surface area (TPSA) is 100 Å². The van der Waals surface area contributed by atoms with E-state index in [-0.39, 0.29) is 18.1 Å². The summed E-state index contributed by atoms with van der Waals surface area (Å²) < 4.78 is 14.6. The molecule has 0 saturated heterocycles. The van der Waals surface area contributed by atoms with Crippen molar-refractivity contribution in [3.05, 3.63) is 100 Å². The molecule has 0 spiro atoms. The van der Waals surface area contributed by atoms with Crippen molar-refractivity contribution in [2.45, 2.75) is 6.54 Å². The lowest BCUT2D eigenvalue weighted by atomic mass is 9.95. The number of nitrogens with zero attached hydrogens (tertiary/aromatic N) is 4. The zero-order valence-corrected chi connectivity index (χ0v) is 17.7. The molecule has 162 valence electrons. The number of anilines is 2. The van der Waals surface area contributed by atoms with E-state index in [1.807, 2.05) is 6.07 Å². The van der Waals surface area contributed by atoms with Crippen LogP contribution in [0.1, 0.15) is 27.2 Å². The number of carboxylic acids is 1. The third-order valence-corrected chi connectivity index (χ3v) is 5.37. The summed E-state index contributed by atoms with van der Waals surface area (Å²) in [6.45, 7) is 0.264. The second-order valence-corrected chi connectivity index (χ2v) is 7.70. The molecule has 0 amide bonds. The minimum atomic E-state index is -1.11. The van der Waals surface area contributed by atoms with Crippen LogP contribution in [0.2, 0.25) is 5.02 Å². The van der Waals surface area contributed by atoms with Gasteiger partial charge >= 0.3 is 5.97 Å². The minimum Gasteiger partial charge on any atom is -0.477 e. The fraction of sp³-hybridized carbons (Fsp3) is 0.0417. The predicted octanol–water partition coefficient (Wildman–Crippen LogP) is 5.12. The Bertz CT molecular complexity index is 1420. The van der Waals surface area contributed by atoms with Gasteiger partial charge in [-0.1, -0.05) is 29.8 Å². The van der Waals surface area contributed by atoms with Crippen LogP contribution in [0.3, 0.4) is 0 Å². The van der Waals surface area contributed by atoms with E-state index in [1.165, 1.54) is 18.3 Å². The smallest absolute Gasteiger partial charge is 0.354 e. The summed E-state index contributed by atoms with van der Waals surface area (Å²) in [7, 11) is 0. The highest BCUT2D eigenvalue weighted by atomic mass is 35.5. The normalized spacial score (nSPS) is 12.2. The van der Waals surface area contributed by atoms with E-state index in [0.29, 0.717) is 39.2 Å². The van der Waals surface area contributed by atoms with Crippen molar-refractivity contribution in [1.29, 1.82) is 0 Å². The molecule has 0 aliphatic carbocycles. The monoisotopic (exact) mass is 459 g/mol. The number of hydrogen-bond acceptors (Lipinski definition) is 6. The maximum Gasteiger partial charge on any atom is 0.354 e. The van der Waals surface area contributed by atoms with Crippen LogP contribution in [-0.4, -0.2) is 31.7 Å². The first kappa shape index (κ1) is 20.7. The molecule has 3 heterocycles. The van der Waals surface area contributed by atoms with Crippen LogP contribution < -0.4 is 5.32 Å². The Morgan fingerprint density at radius 2 is 1.85 bits per heavy atom. The van der Waals surface area contributed by atoms with Crippen LogP contribution in [0.4, 0.5) is 16.0 Å². The first-order valence-electron chi connectivity index (χ1n) is 9.91. The van der Waals surface area contributed by atoms with Crippen molar-refractivity contribution in [2.75, 3.05) is 5.32 Å². The summed E-state index contributed by atoms with van der Waals surface area (Å²) in [5.74, 6) is -1.18. The van der Waals surface area contributed by atoms with Crippen molar-refractivity contribution >= 4 is 34.9 Å². The molecule has 33 heavy (non-hydrogen) atoms. The number of aliphatic imine (C=N–C) groups is 1. The Labute approximate surface area is 192 Å². The van der Waals surface area contributed by atoms with Crippen LogP contribution in [-0.2, 0) is 6.54 Å². The number of carboxylic acid groups (broad SMARTS) is 1. The molecule has 0 saturated carbocycles. The van der Waals surface area contributed by atoms with Gasteiger partial charge in [0.25, 0.3) is 0 Å². The number of aromatic carboxylic acids is 1. The average Bonchev–Trinajstić information content (AvgIpc) is 2.96. The zero-order valence-electron chi connectivity index (χ0n) is 17.0. The van der Waals surface area contributed by atoms with Crippen LogP contribution in [0.15, 0.2) is 72.0 Å². The summed E-state index contributed by atoms with van der Waals surface area (Å²) in [5, 5.41) is 12.5. The van der Waals surface area contributed by atoms with E-state index in [9.17, 15) is 9.18 Å². The van der Waals surface area contributed by atoms with Gasteiger partial charge in [0, 0.05) is 33.5 Å². The van der Waals surface area contributed by atoms with E-state index in [4.69, 9.17) is 16.7 Å². The maximum atomic E-state index is 14.6. The van der Waals surface area contributed by atoms with E-state index in [2.05, 4.69) is 25.3 Å². The fourth-order valence-corrected chi connectivity index (χ4v) is 3.76. The highest BCUT2D eigenvalue weighted by Gasteiger charge is 2.23. The van der Waals surface area contributed by atoms with Gasteiger partial charge in [-0.05, 0) is 36.4 Å². The van der Waals surface area contributed by atoms with Crippen molar-refractivity contribution < 1.29 is 14.3 Å². The van der Waals surface area contributed by atoms with E-state index in [0.717, 1.165) is 11.1 Å². The third-order valence-electron chi connectivity index (χ3n) is 5.13. The molecular weight excluding hydrogens is 445 g/mol. The molecule has 0 fully saturated rings. The molecule has 2 aromatic heterocycles. The fourth-order valence-electron chi connectivity index (χ4n) is 3.59. The SMILES string of the molecule is O=C(O)c1ccc(Nc2ncc3c(n2)-c2ccc(Cl)cc2C(c2ccccc2F)=NC3)cn1. The number of benzene rings is 2. The van der Waals surface area contributed by atoms with Gasteiger partial charge in [-0.2, -0.15) is 0 Å². The molecule has 4 aromatic rings. The van der Waals surface area contributed by atoms with Crippen LogP contribution in [0.25, 0.3) is 11.3 Å². The highest BCUT2D eigenvalue weighted by Crippen LogP contribution is 2.34. The lowest BCUT2D eigenvalue weighted by Gasteiger charge is -2.13. The van der Waals surface area contributed by atoms with Gasteiger partial charge in [-0.25, -0.2) is 24.1 Å². The number of fused-ring (bicyclic) bond motifs is 3. The standard InChI is InChI=1S/C24H15ClFN5O2/c25-14-5-7-16-18(9-14)22(17-3-1-2-4-19(17)26)28-10-13-11-29-24(31-21(13)16)30-15-6-8-20(23(32)33)27-12-15/h1-9,11-12H,10H2,(H,32,33)(H,29,30,31). The Kier molecular flexibility index (Phi) is 5.27. The first-order chi connectivity index (χ1) is 16.0. The summed E-state index contributed by atoms with van der Waals surface area (Å²) in [6.07, 6.45) is 3.06. The summed E-state index contributed by atoms with van der Waals surface area (Å²) in [5.41, 5.74) is 4.18. The molecule has 0 bridgehead atoms. The largest absolute Gasteiger partial charge is 0.477 e. The summed E-state index contributed by atoms with van der Waals surface area (Å²) in [4.78, 5) is 28.6. The van der Waals surface area contributed by atoms with E-state index < -0.39 is 5.97 Å². The van der Waals surface area contributed by atoms with Crippen molar-refractivity contribution in [3.8, 4) is 11.3 Å². The number of hydrogen-bond donors (Lipinski definition) is 2. The second kappa shape index (κ2) is 8.40. The van der Waals surface area contributed by atoms with Crippen LogP contribution in [0.5, 0.6) is 0 Å². The van der Waals surface area contributed by atoms with Crippen molar-refractivity contribution in [1.82, 2.24) is 15.0 Å². The second-order valence-electron chi connectivity index (χ2n) is 7.26. The Balaban J connectivity index is 1.57. The molecule has 1 aliphatic heterocycles. The van der Waals surface area contributed by atoms with Gasteiger partial charge in [0.15, 0.2) is 0 Å². The number of rotatable bonds is 4. The molecule has 1 aliphatic rings. The number of aromatic nitrogens is 3. The molecule has 0 atom stereocenters. The van der Waals surface area contributed by atoms with Crippen LogP contribution >= 0.6 is 11.6 Å². The van der Waals surface area contributed by atoms with Gasteiger partial charge < -0.3 is 10.4 Å². The molecule has 5 rings (SSSR count). The molecule has 0 radical (unpaired) electrons. The molecular formula is C24H15ClFN5O2. The van der Waals surface area contributed by atoms with Gasteiger partial charge in [-0.15, -0.1) is 0 Å². The Hall–Kier alpha value is -4.17. The first-order valence-corrected chi connectivity index (χ1v) is 10.3. The van der Waals surface area contributed by atoms with Gasteiger partial charge in [0.2, 0.25) is 5.95 Å². The zero-order chi connectivity index (χ0) is 22.9. The number of nitrogens with one attached hydrogen (secondary N) is 1. The van der Waals surface area contributed by atoms with E-state index in [1.54, 1.807) is 42.6 Å². The minimum absolute atomic E-state index is 0.0629. The molecule has 2 aromatic carbocycles. The predicted molar refractivity (Wildman–Crippen MR) is 123 cm³/mol. The molecule has 0 unspecified atom stereocenters. The molecule has 2 N–H and O–H groups in total. The van der Waals surface area contributed by atoms with E-state index >= 15 is 0 Å². The summed E-state index contributed by atoms with van der Waals surface area (Å²) in [6, 6.07) is 14.8. The molecule has 7 nitrogen and oxygen atoms in total. The quantitative estimate of drug-likeness (QED) is 0.439. The van der Waals surface area contributed by atoms with Crippen molar-refractivity contribution in [3.63, 3.8) is 0 Å². The molecule has 9 heteroatoms. The highest BCUT2D eigenvalue weighted by molar-refractivity contribution is 6.31. The maximum absolute atomic E-state index is 14.6. The van der Waals surface area contributed by atoms with Gasteiger partial charge in [0.1, 0.15) is 11.5 Å². The lowest BCUT2D eigenvalue weighted by molar-refractivity contribution is 0.0690. The third kappa shape index (κ3) is 4.04. The Morgan fingerprint density at radius 3 is 2.61 bits per heavy atom. The van der Waals surface area contributed by atoms with Crippen molar-refractivity contribution in [2.24, 2.45) is 4.99 Å². The van der Waals surface area contributed by atoms with Crippen LogP contribution in [0, 0.1) is 5.82 Å². The number of halogens is 2.